The largest absolute Gasteiger partial charge is 0.447 e. The summed E-state index contributed by atoms with van der Waals surface area (Å²) >= 11 is 0. The molecule has 0 radical (unpaired) electrons. The van der Waals surface area contributed by atoms with Crippen LogP contribution in [-0.4, -0.2) is 53.8 Å². The van der Waals surface area contributed by atoms with E-state index in [1.54, 1.807) is 12.1 Å². The standard InChI is InChI=1S/C25H30N4O4/c26-23(30)20-9-10-21(27-17-20)28-15-11-19(12-16-28)25(32)33-22(18-7-3-1-4-8-18)24(31)29-13-5-2-6-14-29/h1,3-4,7-10,17,19,22H,2,5-6,11-16H2,(H2,26,30). The number of nitrogens with two attached hydrogens (primary N) is 1. The molecule has 1 atom stereocenters. The molecule has 1 aromatic carbocycles. The van der Waals surface area contributed by atoms with Crippen molar-refractivity contribution in [2.45, 2.75) is 38.2 Å². The predicted octanol–water partition coefficient (Wildman–Crippen LogP) is 2.69. The van der Waals surface area contributed by atoms with Gasteiger partial charge in [0, 0.05) is 37.9 Å². The molecule has 2 N–H and O–H groups in total. The van der Waals surface area contributed by atoms with E-state index >= 15 is 0 Å². The van der Waals surface area contributed by atoms with E-state index < -0.39 is 12.0 Å². The van der Waals surface area contributed by atoms with E-state index in [1.165, 1.54) is 6.20 Å². The molecule has 8 heteroatoms. The third kappa shape index (κ3) is 5.50. The number of hydrogen-bond donors (Lipinski definition) is 1. The summed E-state index contributed by atoms with van der Waals surface area (Å²) < 4.78 is 5.86. The number of pyridine rings is 1. The lowest BCUT2D eigenvalue weighted by Gasteiger charge is -2.33. The van der Waals surface area contributed by atoms with Gasteiger partial charge in [-0.2, -0.15) is 0 Å². The average Bonchev–Trinajstić information content (AvgIpc) is 2.88. The lowest BCUT2D eigenvalue weighted by atomic mass is 9.96. The number of hydrogen-bond acceptors (Lipinski definition) is 6. The lowest BCUT2D eigenvalue weighted by Crippen LogP contribution is -2.42. The minimum Gasteiger partial charge on any atom is -0.447 e. The molecule has 33 heavy (non-hydrogen) atoms. The van der Waals surface area contributed by atoms with Gasteiger partial charge >= 0.3 is 5.97 Å². The highest BCUT2D eigenvalue weighted by molar-refractivity contribution is 5.92. The van der Waals surface area contributed by atoms with E-state index in [0.29, 0.717) is 50.1 Å². The number of primary amides is 1. The number of piperidine rings is 2. The first-order valence-electron chi connectivity index (χ1n) is 11.6. The van der Waals surface area contributed by atoms with E-state index in [2.05, 4.69) is 9.88 Å². The van der Waals surface area contributed by atoms with E-state index in [9.17, 15) is 14.4 Å². The molecule has 174 valence electrons. The number of nitrogens with zero attached hydrogens (tertiary/aromatic N) is 3. The van der Waals surface area contributed by atoms with Gasteiger partial charge in [0.25, 0.3) is 5.91 Å². The Hall–Kier alpha value is -3.42. The maximum atomic E-state index is 13.2. The number of aromatic nitrogens is 1. The summed E-state index contributed by atoms with van der Waals surface area (Å²) in [7, 11) is 0. The molecule has 4 rings (SSSR count). The van der Waals surface area contributed by atoms with Gasteiger partial charge < -0.3 is 20.3 Å². The molecule has 0 aliphatic carbocycles. The summed E-state index contributed by atoms with van der Waals surface area (Å²) in [6.07, 6.45) is 4.86. The van der Waals surface area contributed by atoms with Crippen LogP contribution in [-0.2, 0) is 14.3 Å². The molecule has 1 unspecified atom stereocenters. The highest BCUT2D eigenvalue weighted by Gasteiger charge is 2.34. The van der Waals surface area contributed by atoms with Crippen molar-refractivity contribution in [1.82, 2.24) is 9.88 Å². The highest BCUT2D eigenvalue weighted by atomic mass is 16.5. The van der Waals surface area contributed by atoms with Gasteiger partial charge in [-0.3, -0.25) is 14.4 Å². The fourth-order valence-electron chi connectivity index (χ4n) is 4.44. The van der Waals surface area contributed by atoms with E-state index in [4.69, 9.17) is 10.5 Å². The van der Waals surface area contributed by atoms with Crippen molar-refractivity contribution in [3.63, 3.8) is 0 Å². The van der Waals surface area contributed by atoms with Crippen molar-refractivity contribution < 1.29 is 19.1 Å². The molecular formula is C25H30N4O4. The van der Waals surface area contributed by atoms with Crippen LogP contribution in [0.1, 0.15) is 54.1 Å². The average molecular weight is 451 g/mol. The van der Waals surface area contributed by atoms with Crippen molar-refractivity contribution in [1.29, 1.82) is 0 Å². The Morgan fingerprint density at radius 3 is 2.24 bits per heavy atom. The molecule has 2 aliphatic rings. The first-order chi connectivity index (χ1) is 16.0. The zero-order valence-corrected chi connectivity index (χ0v) is 18.7. The molecule has 8 nitrogen and oxygen atoms in total. The predicted molar refractivity (Wildman–Crippen MR) is 123 cm³/mol. The Bertz CT molecular complexity index is 966. The number of likely N-dealkylation sites (tertiary alicyclic amines) is 1. The summed E-state index contributed by atoms with van der Waals surface area (Å²) in [6, 6.07) is 12.7. The second kappa shape index (κ2) is 10.5. The Labute approximate surface area is 193 Å². The summed E-state index contributed by atoms with van der Waals surface area (Å²) in [5.74, 6) is -0.500. The van der Waals surface area contributed by atoms with Gasteiger partial charge in [0.2, 0.25) is 12.0 Å². The quantitative estimate of drug-likeness (QED) is 0.679. The SMILES string of the molecule is NC(=O)c1ccc(N2CCC(C(=O)OC(C(=O)N3CCCCC3)c3ccccc3)CC2)nc1. The number of ether oxygens (including phenoxy) is 1. The zero-order valence-electron chi connectivity index (χ0n) is 18.7. The second-order valence-electron chi connectivity index (χ2n) is 8.64. The zero-order chi connectivity index (χ0) is 23.2. The number of carbonyl (C=O) groups excluding carboxylic acids is 3. The smallest absolute Gasteiger partial charge is 0.310 e. The van der Waals surface area contributed by atoms with Crippen molar-refractivity contribution >= 4 is 23.6 Å². The molecule has 2 amide bonds. The third-order valence-corrected chi connectivity index (χ3v) is 6.41. The van der Waals surface area contributed by atoms with Crippen LogP contribution in [0.3, 0.4) is 0 Å². The van der Waals surface area contributed by atoms with Crippen LogP contribution in [0.5, 0.6) is 0 Å². The van der Waals surface area contributed by atoms with Crippen molar-refractivity contribution in [2.24, 2.45) is 11.7 Å². The molecule has 2 saturated heterocycles. The summed E-state index contributed by atoms with van der Waals surface area (Å²) in [5, 5.41) is 0. The van der Waals surface area contributed by atoms with Crippen LogP contribution in [0, 0.1) is 5.92 Å². The van der Waals surface area contributed by atoms with Gasteiger partial charge in [0.05, 0.1) is 11.5 Å². The molecule has 0 saturated carbocycles. The van der Waals surface area contributed by atoms with Crippen LogP contribution in [0.15, 0.2) is 48.7 Å². The van der Waals surface area contributed by atoms with Gasteiger partial charge in [-0.05, 0) is 44.2 Å². The molecule has 3 heterocycles. The normalized spacial score (nSPS) is 17.9. The van der Waals surface area contributed by atoms with Crippen molar-refractivity contribution in [3.05, 3.63) is 59.8 Å². The summed E-state index contributed by atoms with van der Waals surface area (Å²) in [6.45, 7) is 2.69. The lowest BCUT2D eigenvalue weighted by molar-refractivity contribution is -0.165. The van der Waals surface area contributed by atoms with E-state index in [-0.39, 0.29) is 17.8 Å². The molecular weight excluding hydrogens is 420 g/mol. The Kier molecular flexibility index (Phi) is 7.22. The molecule has 2 aliphatic heterocycles. The number of esters is 1. The Balaban J connectivity index is 1.39. The molecule has 2 fully saturated rings. The van der Waals surface area contributed by atoms with E-state index in [0.717, 1.165) is 25.1 Å². The highest BCUT2D eigenvalue weighted by Crippen LogP contribution is 2.28. The summed E-state index contributed by atoms with van der Waals surface area (Å²) in [5.41, 5.74) is 6.34. The maximum Gasteiger partial charge on any atom is 0.310 e. The van der Waals surface area contributed by atoms with Gasteiger partial charge in [0.1, 0.15) is 5.82 Å². The van der Waals surface area contributed by atoms with Gasteiger partial charge in [-0.15, -0.1) is 0 Å². The third-order valence-electron chi connectivity index (χ3n) is 6.41. The number of anilines is 1. The van der Waals surface area contributed by atoms with Crippen molar-refractivity contribution in [2.75, 3.05) is 31.1 Å². The van der Waals surface area contributed by atoms with E-state index in [1.807, 2.05) is 35.2 Å². The topological polar surface area (TPSA) is 106 Å². The van der Waals surface area contributed by atoms with Crippen LogP contribution in [0.25, 0.3) is 0 Å². The number of benzene rings is 1. The Morgan fingerprint density at radius 1 is 0.939 bits per heavy atom. The minimum atomic E-state index is -0.905. The van der Waals surface area contributed by atoms with Crippen LogP contribution in [0.4, 0.5) is 5.82 Å². The fourth-order valence-corrected chi connectivity index (χ4v) is 4.44. The van der Waals surface area contributed by atoms with Crippen molar-refractivity contribution in [3.8, 4) is 0 Å². The number of rotatable bonds is 6. The number of amides is 2. The second-order valence-corrected chi connectivity index (χ2v) is 8.64. The molecule has 1 aromatic heterocycles. The first kappa shape index (κ1) is 22.8. The van der Waals surface area contributed by atoms with Crippen LogP contribution >= 0.6 is 0 Å². The minimum absolute atomic E-state index is 0.134. The molecule has 2 aromatic rings. The fraction of sp³-hybridized carbons (Fsp3) is 0.440. The molecule has 0 bridgehead atoms. The maximum absolute atomic E-state index is 13.2. The number of carbonyl (C=O) groups is 3. The Morgan fingerprint density at radius 2 is 1.64 bits per heavy atom. The monoisotopic (exact) mass is 450 g/mol. The van der Waals surface area contributed by atoms with Gasteiger partial charge in [-0.25, -0.2) is 4.98 Å². The molecule has 0 spiro atoms. The van der Waals surface area contributed by atoms with Crippen LogP contribution in [0.2, 0.25) is 0 Å². The van der Waals surface area contributed by atoms with Gasteiger partial charge in [0.15, 0.2) is 0 Å². The summed E-state index contributed by atoms with van der Waals surface area (Å²) in [4.78, 5) is 45.7. The first-order valence-corrected chi connectivity index (χ1v) is 11.6. The van der Waals surface area contributed by atoms with Crippen LogP contribution < -0.4 is 10.6 Å². The van der Waals surface area contributed by atoms with Gasteiger partial charge in [-0.1, -0.05) is 30.3 Å².